The van der Waals surface area contributed by atoms with E-state index in [1.807, 2.05) is 60.0 Å². The molecule has 0 fully saturated rings. The SMILES string of the molecule is COc1ccc(CNc2nc(-c3cccs3)nc3ccccc23)cc1OC. The van der Waals surface area contributed by atoms with Crippen LogP contribution in [0.2, 0.25) is 0 Å². The molecule has 0 saturated carbocycles. The summed E-state index contributed by atoms with van der Waals surface area (Å²) in [5.74, 6) is 2.98. The summed E-state index contributed by atoms with van der Waals surface area (Å²) in [6, 6.07) is 18.0. The van der Waals surface area contributed by atoms with Gasteiger partial charge in [-0.2, -0.15) is 0 Å². The van der Waals surface area contributed by atoms with Crippen molar-refractivity contribution in [1.82, 2.24) is 9.97 Å². The first-order valence-corrected chi connectivity index (χ1v) is 9.42. The molecule has 4 rings (SSSR count). The average Bonchev–Trinajstić information content (AvgIpc) is 3.26. The van der Waals surface area contributed by atoms with Crippen molar-refractivity contribution in [3.63, 3.8) is 0 Å². The molecule has 2 heterocycles. The van der Waals surface area contributed by atoms with E-state index >= 15 is 0 Å². The quantitative estimate of drug-likeness (QED) is 0.513. The Labute approximate surface area is 161 Å². The highest BCUT2D eigenvalue weighted by molar-refractivity contribution is 7.13. The second kappa shape index (κ2) is 7.63. The van der Waals surface area contributed by atoms with Crippen molar-refractivity contribution in [1.29, 1.82) is 0 Å². The number of hydrogen-bond acceptors (Lipinski definition) is 6. The maximum Gasteiger partial charge on any atom is 0.172 e. The van der Waals surface area contributed by atoms with E-state index < -0.39 is 0 Å². The monoisotopic (exact) mass is 377 g/mol. The lowest BCUT2D eigenvalue weighted by Crippen LogP contribution is -2.04. The Hall–Kier alpha value is -3.12. The molecule has 0 bridgehead atoms. The minimum atomic E-state index is 0.616. The molecular weight excluding hydrogens is 358 g/mol. The van der Waals surface area contributed by atoms with E-state index in [1.165, 1.54) is 0 Å². The van der Waals surface area contributed by atoms with Gasteiger partial charge in [0.15, 0.2) is 17.3 Å². The number of anilines is 1. The van der Waals surface area contributed by atoms with Gasteiger partial charge in [-0.1, -0.05) is 24.3 Å². The van der Waals surface area contributed by atoms with Crippen LogP contribution in [0.4, 0.5) is 5.82 Å². The Kier molecular flexibility index (Phi) is 4.89. The van der Waals surface area contributed by atoms with Crippen molar-refractivity contribution < 1.29 is 9.47 Å². The fourth-order valence-corrected chi connectivity index (χ4v) is 3.56. The Bertz CT molecular complexity index is 1060. The third kappa shape index (κ3) is 3.57. The lowest BCUT2D eigenvalue weighted by atomic mass is 10.2. The van der Waals surface area contributed by atoms with Gasteiger partial charge in [0.1, 0.15) is 5.82 Å². The first-order chi connectivity index (χ1) is 13.3. The van der Waals surface area contributed by atoms with Gasteiger partial charge in [-0.25, -0.2) is 9.97 Å². The molecule has 2 aromatic heterocycles. The summed E-state index contributed by atoms with van der Waals surface area (Å²) >= 11 is 1.63. The maximum atomic E-state index is 5.39. The van der Waals surface area contributed by atoms with Crippen LogP contribution in [0.1, 0.15) is 5.56 Å². The maximum absolute atomic E-state index is 5.39. The van der Waals surface area contributed by atoms with Crippen molar-refractivity contribution in [3.05, 3.63) is 65.5 Å². The van der Waals surface area contributed by atoms with Crippen molar-refractivity contribution in [2.75, 3.05) is 19.5 Å². The number of methoxy groups -OCH3 is 2. The fraction of sp³-hybridized carbons (Fsp3) is 0.143. The van der Waals surface area contributed by atoms with Gasteiger partial charge in [0.05, 0.1) is 24.6 Å². The molecule has 0 spiro atoms. The van der Waals surface area contributed by atoms with Gasteiger partial charge < -0.3 is 14.8 Å². The van der Waals surface area contributed by atoms with Gasteiger partial charge in [0.25, 0.3) is 0 Å². The lowest BCUT2D eigenvalue weighted by Gasteiger charge is -2.12. The van der Waals surface area contributed by atoms with Gasteiger partial charge in [-0.05, 0) is 41.3 Å². The Morgan fingerprint density at radius 2 is 1.78 bits per heavy atom. The number of para-hydroxylation sites is 1. The number of rotatable bonds is 6. The normalized spacial score (nSPS) is 10.7. The van der Waals surface area contributed by atoms with Crippen LogP contribution in [0.25, 0.3) is 21.6 Å². The standard InChI is InChI=1S/C21H19N3O2S/c1-25-17-10-9-14(12-18(17)26-2)13-22-20-15-6-3-4-7-16(15)23-21(24-20)19-8-5-11-27-19/h3-12H,13H2,1-2H3,(H,22,23,24). The number of hydrogen-bond donors (Lipinski definition) is 1. The van der Waals surface area contributed by atoms with E-state index in [-0.39, 0.29) is 0 Å². The zero-order valence-electron chi connectivity index (χ0n) is 15.1. The van der Waals surface area contributed by atoms with Crippen LogP contribution >= 0.6 is 11.3 Å². The Morgan fingerprint density at radius 1 is 0.926 bits per heavy atom. The molecule has 0 atom stereocenters. The molecule has 5 nitrogen and oxygen atoms in total. The predicted molar refractivity (Wildman–Crippen MR) is 110 cm³/mol. The van der Waals surface area contributed by atoms with E-state index in [9.17, 15) is 0 Å². The number of thiophene rings is 1. The summed E-state index contributed by atoms with van der Waals surface area (Å²) in [6.45, 7) is 0.616. The molecule has 0 aliphatic carbocycles. The van der Waals surface area contributed by atoms with Crippen molar-refractivity contribution >= 4 is 28.1 Å². The number of ether oxygens (including phenoxy) is 2. The molecule has 1 N–H and O–H groups in total. The minimum absolute atomic E-state index is 0.616. The summed E-state index contributed by atoms with van der Waals surface area (Å²) in [6.07, 6.45) is 0. The molecule has 0 saturated heterocycles. The van der Waals surface area contributed by atoms with Crippen LogP contribution in [0.15, 0.2) is 60.0 Å². The zero-order valence-corrected chi connectivity index (χ0v) is 15.9. The molecule has 6 heteroatoms. The summed E-state index contributed by atoms with van der Waals surface area (Å²) in [4.78, 5) is 10.5. The smallest absolute Gasteiger partial charge is 0.172 e. The van der Waals surface area contributed by atoms with Crippen LogP contribution in [-0.4, -0.2) is 24.2 Å². The molecule has 27 heavy (non-hydrogen) atoms. The molecule has 136 valence electrons. The van der Waals surface area contributed by atoms with Crippen molar-refractivity contribution in [2.24, 2.45) is 0 Å². The van der Waals surface area contributed by atoms with Gasteiger partial charge in [0, 0.05) is 11.9 Å². The number of benzene rings is 2. The van der Waals surface area contributed by atoms with Crippen LogP contribution in [-0.2, 0) is 6.54 Å². The molecule has 0 unspecified atom stereocenters. The van der Waals surface area contributed by atoms with Gasteiger partial charge in [0.2, 0.25) is 0 Å². The second-order valence-corrected chi connectivity index (χ2v) is 6.88. The third-order valence-corrected chi connectivity index (χ3v) is 5.12. The highest BCUT2D eigenvalue weighted by atomic mass is 32.1. The summed E-state index contributed by atoms with van der Waals surface area (Å²) in [5, 5.41) is 6.48. The van der Waals surface area contributed by atoms with Crippen LogP contribution in [0.5, 0.6) is 11.5 Å². The van der Waals surface area contributed by atoms with Crippen LogP contribution < -0.4 is 14.8 Å². The van der Waals surface area contributed by atoms with E-state index in [2.05, 4.69) is 5.32 Å². The van der Waals surface area contributed by atoms with E-state index in [4.69, 9.17) is 19.4 Å². The molecule has 0 radical (unpaired) electrons. The summed E-state index contributed by atoms with van der Waals surface area (Å²) in [7, 11) is 3.27. The van der Waals surface area contributed by atoms with Gasteiger partial charge >= 0.3 is 0 Å². The fourth-order valence-electron chi connectivity index (χ4n) is 2.90. The third-order valence-electron chi connectivity index (χ3n) is 4.25. The number of nitrogens with one attached hydrogen (secondary N) is 1. The average molecular weight is 377 g/mol. The highest BCUT2D eigenvalue weighted by Gasteiger charge is 2.11. The zero-order chi connectivity index (χ0) is 18.6. The number of fused-ring (bicyclic) bond motifs is 1. The minimum Gasteiger partial charge on any atom is -0.493 e. The van der Waals surface area contributed by atoms with Crippen LogP contribution in [0, 0.1) is 0 Å². The molecule has 0 aliphatic heterocycles. The van der Waals surface area contributed by atoms with Crippen molar-refractivity contribution in [2.45, 2.75) is 6.54 Å². The van der Waals surface area contributed by atoms with E-state index in [0.29, 0.717) is 18.0 Å². The van der Waals surface area contributed by atoms with E-state index in [1.54, 1.807) is 25.6 Å². The largest absolute Gasteiger partial charge is 0.493 e. The molecule has 4 aromatic rings. The van der Waals surface area contributed by atoms with Gasteiger partial charge in [-0.3, -0.25) is 0 Å². The molecule has 0 aliphatic rings. The summed E-state index contributed by atoms with van der Waals surface area (Å²) in [5.41, 5.74) is 2.00. The van der Waals surface area contributed by atoms with E-state index in [0.717, 1.165) is 33.0 Å². The van der Waals surface area contributed by atoms with Crippen LogP contribution in [0.3, 0.4) is 0 Å². The number of aromatic nitrogens is 2. The topological polar surface area (TPSA) is 56.3 Å². The Balaban J connectivity index is 1.67. The number of nitrogens with zero attached hydrogens (tertiary/aromatic N) is 2. The summed E-state index contributed by atoms with van der Waals surface area (Å²) < 4.78 is 10.7. The molecular formula is C21H19N3O2S. The second-order valence-electron chi connectivity index (χ2n) is 5.93. The van der Waals surface area contributed by atoms with Crippen molar-refractivity contribution in [3.8, 4) is 22.2 Å². The van der Waals surface area contributed by atoms with Gasteiger partial charge in [-0.15, -0.1) is 11.3 Å². The molecule has 0 amide bonds. The molecule has 2 aromatic carbocycles. The predicted octanol–water partition coefficient (Wildman–Crippen LogP) is 4.99. The highest BCUT2D eigenvalue weighted by Crippen LogP contribution is 2.30. The lowest BCUT2D eigenvalue weighted by molar-refractivity contribution is 0.354. The first-order valence-electron chi connectivity index (χ1n) is 8.54. The first kappa shape index (κ1) is 17.3. The Morgan fingerprint density at radius 3 is 2.56 bits per heavy atom.